The number of nitrogens with one attached hydrogen (secondary N) is 1. The Labute approximate surface area is 127 Å². The van der Waals surface area contributed by atoms with Crippen LogP contribution in [0.15, 0.2) is 22.8 Å². The van der Waals surface area contributed by atoms with Crippen molar-refractivity contribution in [3.8, 4) is 5.88 Å². The van der Waals surface area contributed by atoms with E-state index < -0.39 is 5.60 Å². The molecule has 0 atom stereocenters. The van der Waals surface area contributed by atoms with E-state index in [-0.39, 0.29) is 18.2 Å². The molecule has 5 nitrogen and oxygen atoms in total. The van der Waals surface area contributed by atoms with Crippen molar-refractivity contribution in [2.75, 3.05) is 0 Å². The molecule has 20 heavy (non-hydrogen) atoms. The number of pyridine rings is 1. The second kappa shape index (κ2) is 5.99. The molecule has 1 aromatic heterocycles. The van der Waals surface area contributed by atoms with Gasteiger partial charge >= 0.3 is 6.09 Å². The third-order valence-electron chi connectivity index (χ3n) is 2.80. The van der Waals surface area contributed by atoms with Crippen molar-refractivity contribution in [2.24, 2.45) is 0 Å². The number of carbonyl (C=O) groups is 1. The van der Waals surface area contributed by atoms with Crippen LogP contribution in [0.2, 0.25) is 0 Å². The van der Waals surface area contributed by atoms with E-state index in [0.717, 1.165) is 17.3 Å². The Balaban J connectivity index is 1.70. The molecule has 0 bridgehead atoms. The topological polar surface area (TPSA) is 60.5 Å². The van der Waals surface area contributed by atoms with E-state index in [1.165, 1.54) is 0 Å². The van der Waals surface area contributed by atoms with Gasteiger partial charge in [-0.3, -0.25) is 0 Å². The molecule has 0 unspecified atom stereocenters. The molecule has 1 aliphatic rings. The van der Waals surface area contributed by atoms with Gasteiger partial charge in [0.15, 0.2) is 0 Å². The van der Waals surface area contributed by atoms with Gasteiger partial charge in [-0.1, -0.05) is 0 Å². The normalized spacial score (nSPS) is 21.8. The van der Waals surface area contributed by atoms with Crippen LogP contribution in [-0.4, -0.2) is 28.8 Å². The maximum Gasteiger partial charge on any atom is 0.407 e. The molecule has 0 aromatic carbocycles. The lowest BCUT2D eigenvalue weighted by atomic mass is 9.89. The minimum absolute atomic E-state index is 0.101. The molecule has 110 valence electrons. The summed E-state index contributed by atoms with van der Waals surface area (Å²) in [5, 5.41) is 2.83. The maximum absolute atomic E-state index is 11.6. The summed E-state index contributed by atoms with van der Waals surface area (Å²) < 4.78 is 11.8. The van der Waals surface area contributed by atoms with Gasteiger partial charge in [0.2, 0.25) is 5.88 Å². The third kappa shape index (κ3) is 4.67. The number of rotatable bonds is 3. The summed E-state index contributed by atoms with van der Waals surface area (Å²) in [7, 11) is 0. The van der Waals surface area contributed by atoms with Gasteiger partial charge in [-0.15, -0.1) is 0 Å². The summed E-state index contributed by atoms with van der Waals surface area (Å²) in [4.78, 5) is 15.7. The number of aromatic nitrogens is 1. The van der Waals surface area contributed by atoms with Crippen LogP contribution in [0.25, 0.3) is 0 Å². The van der Waals surface area contributed by atoms with E-state index in [1.807, 2.05) is 32.9 Å². The first kappa shape index (κ1) is 15.1. The van der Waals surface area contributed by atoms with Crippen LogP contribution in [-0.2, 0) is 4.74 Å². The fourth-order valence-corrected chi connectivity index (χ4v) is 2.09. The Morgan fingerprint density at radius 3 is 2.65 bits per heavy atom. The predicted octanol–water partition coefficient (Wildman–Crippen LogP) is 3.28. The summed E-state index contributed by atoms with van der Waals surface area (Å²) in [6, 6.07) is 3.82. The molecule has 2 rings (SSSR count). The first-order valence-electron chi connectivity index (χ1n) is 6.59. The molecule has 1 amide bonds. The lowest BCUT2D eigenvalue weighted by Gasteiger charge is -2.35. The van der Waals surface area contributed by atoms with Gasteiger partial charge in [-0.2, -0.15) is 0 Å². The third-order valence-corrected chi connectivity index (χ3v) is 3.27. The molecule has 1 fully saturated rings. The molecule has 1 heterocycles. The molecule has 1 aliphatic carbocycles. The van der Waals surface area contributed by atoms with Crippen molar-refractivity contribution < 1.29 is 14.3 Å². The molecule has 0 saturated heterocycles. The Kier molecular flexibility index (Phi) is 4.52. The summed E-state index contributed by atoms with van der Waals surface area (Å²) >= 11 is 3.32. The van der Waals surface area contributed by atoms with Crippen molar-refractivity contribution in [3.05, 3.63) is 22.8 Å². The molecular formula is C14H19BrN2O3. The van der Waals surface area contributed by atoms with Gasteiger partial charge in [-0.25, -0.2) is 9.78 Å². The van der Waals surface area contributed by atoms with Gasteiger partial charge in [-0.05, 0) is 42.8 Å². The molecule has 1 aromatic rings. The van der Waals surface area contributed by atoms with Gasteiger partial charge in [0.05, 0.1) is 0 Å². The summed E-state index contributed by atoms with van der Waals surface area (Å²) in [6.07, 6.45) is 2.98. The zero-order chi connectivity index (χ0) is 14.8. The molecule has 0 radical (unpaired) electrons. The lowest BCUT2D eigenvalue weighted by molar-refractivity contribution is 0.0355. The van der Waals surface area contributed by atoms with Crippen molar-refractivity contribution in [3.63, 3.8) is 0 Å². The predicted molar refractivity (Wildman–Crippen MR) is 78.7 cm³/mol. The number of hydrogen-bond donors (Lipinski definition) is 1. The summed E-state index contributed by atoms with van der Waals surface area (Å²) in [6.45, 7) is 5.54. The average molecular weight is 343 g/mol. The van der Waals surface area contributed by atoms with Crippen LogP contribution in [0.1, 0.15) is 33.6 Å². The Hall–Kier alpha value is -1.30. The highest BCUT2D eigenvalue weighted by atomic mass is 79.9. The SMILES string of the molecule is CC(C)(C)OC(=O)N[C@H]1C[C@H](Oc2ccc(Br)cn2)C1. The highest BCUT2D eigenvalue weighted by Gasteiger charge is 2.33. The van der Waals surface area contributed by atoms with Crippen molar-refractivity contribution >= 4 is 22.0 Å². The second-order valence-corrected chi connectivity index (χ2v) is 6.78. The molecule has 0 aliphatic heterocycles. The van der Waals surface area contributed by atoms with Gasteiger partial charge in [0, 0.05) is 35.6 Å². The first-order chi connectivity index (χ1) is 9.32. The number of hydrogen-bond acceptors (Lipinski definition) is 4. The molecule has 0 spiro atoms. The zero-order valence-electron chi connectivity index (χ0n) is 11.9. The molecular weight excluding hydrogens is 324 g/mol. The highest BCUT2D eigenvalue weighted by Crippen LogP contribution is 2.25. The van der Waals surface area contributed by atoms with E-state index in [1.54, 1.807) is 6.20 Å². The first-order valence-corrected chi connectivity index (χ1v) is 7.39. The van der Waals surface area contributed by atoms with E-state index in [2.05, 4.69) is 26.2 Å². The number of alkyl carbamates (subject to hydrolysis) is 1. The Morgan fingerprint density at radius 2 is 2.10 bits per heavy atom. The van der Waals surface area contributed by atoms with Crippen LogP contribution >= 0.6 is 15.9 Å². The van der Waals surface area contributed by atoms with E-state index in [4.69, 9.17) is 9.47 Å². The Morgan fingerprint density at radius 1 is 1.40 bits per heavy atom. The standard InChI is InChI=1S/C14H19BrN2O3/c1-14(2,3)20-13(18)17-10-6-11(7-10)19-12-5-4-9(15)8-16-12/h4-5,8,10-11H,6-7H2,1-3H3,(H,17,18)/t10-,11-. The smallest absolute Gasteiger partial charge is 0.407 e. The molecule has 6 heteroatoms. The molecule has 1 N–H and O–H groups in total. The minimum atomic E-state index is -0.467. The van der Waals surface area contributed by atoms with Crippen molar-refractivity contribution in [1.82, 2.24) is 10.3 Å². The van der Waals surface area contributed by atoms with Gasteiger partial charge in [0.25, 0.3) is 0 Å². The largest absolute Gasteiger partial charge is 0.474 e. The number of amides is 1. The summed E-state index contributed by atoms with van der Waals surface area (Å²) in [5.74, 6) is 0.605. The van der Waals surface area contributed by atoms with Crippen LogP contribution in [0, 0.1) is 0 Å². The van der Waals surface area contributed by atoms with Crippen LogP contribution in [0.5, 0.6) is 5.88 Å². The van der Waals surface area contributed by atoms with E-state index in [0.29, 0.717) is 5.88 Å². The van der Waals surface area contributed by atoms with Gasteiger partial charge < -0.3 is 14.8 Å². The van der Waals surface area contributed by atoms with E-state index in [9.17, 15) is 4.79 Å². The number of halogens is 1. The highest BCUT2D eigenvalue weighted by molar-refractivity contribution is 9.10. The number of nitrogens with zero attached hydrogens (tertiary/aromatic N) is 1. The number of ether oxygens (including phenoxy) is 2. The maximum atomic E-state index is 11.6. The van der Waals surface area contributed by atoms with Crippen LogP contribution in [0.4, 0.5) is 4.79 Å². The number of carbonyl (C=O) groups excluding carboxylic acids is 1. The Bertz CT molecular complexity index is 464. The fourth-order valence-electron chi connectivity index (χ4n) is 1.86. The lowest BCUT2D eigenvalue weighted by Crippen LogP contribution is -2.50. The fraction of sp³-hybridized carbons (Fsp3) is 0.571. The van der Waals surface area contributed by atoms with Crippen LogP contribution < -0.4 is 10.1 Å². The van der Waals surface area contributed by atoms with E-state index >= 15 is 0 Å². The van der Waals surface area contributed by atoms with Crippen molar-refractivity contribution in [1.29, 1.82) is 0 Å². The van der Waals surface area contributed by atoms with Gasteiger partial charge in [0.1, 0.15) is 11.7 Å². The quantitative estimate of drug-likeness (QED) is 0.915. The van der Waals surface area contributed by atoms with Crippen LogP contribution in [0.3, 0.4) is 0 Å². The van der Waals surface area contributed by atoms with Crippen molar-refractivity contribution in [2.45, 2.75) is 51.4 Å². The molecule has 1 saturated carbocycles. The second-order valence-electron chi connectivity index (χ2n) is 5.87. The summed E-state index contributed by atoms with van der Waals surface area (Å²) in [5.41, 5.74) is -0.467. The minimum Gasteiger partial charge on any atom is -0.474 e. The monoisotopic (exact) mass is 342 g/mol. The average Bonchev–Trinajstić information content (AvgIpc) is 2.26. The zero-order valence-corrected chi connectivity index (χ0v) is 13.4.